The van der Waals surface area contributed by atoms with Crippen LogP contribution in [-0.2, 0) is 0 Å². The zero-order chi connectivity index (χ0) is 16.5. The zero-order valence-electron chi connectivity index (χ0n) is 16.3. The molecule has 1 heteroatoms. The lowest BCUT2D eigenvalue weighted by molar-refractivity contribution is 0.460. The summed E-state index contributed by atoms with van der Waals surface area (Å²) in [5, 5.41) is 3.27. The number of rotatable bonds is 17. The lowest BCUT2D eigenvalue weighted by Crippen LogP contribution is -2.15. The van der Waals surface area contributed by atoms with E-state index < -0.39 is 0 Å². The fourth-order valence-corrected chi connectivity index (χ4v) is 3.23. The fourth-order valence-electron chi connectivity index (χ4n) is 3.23. The third-order valence-electron chi connectivity index (χ3n) is 5.14. The first kappa shape index (κ1) is 22.0. The van der Waals surface area contributed by atoms with Crippen molar-refractivity contribution in [2.45, 2.75) is 111 Å². The van der Waals surface area contributed by atoms with Gasteiger partial charge in [0.1, 0.15) is 0 Å². The molecule has 0 rings (SSSR count). The quantitative estimate of drug-likeness (QED) is 0.286. The molecule has 0 fully saturated rings. The van der Waals surface area contributed by atoms with E-state index in [9.17, 15) is 0 Å². The van der Waals surface area contributed by atoms with Gasteiger partial charge in [-0.1, -0.05) is 104 Å². The third-order valence-corrected chi connectivity index (χ3v) is 5.14. The van der Waals surface area contributed by atoms with Crippen LogP contribution in [-0.4, -0.2) is 13.6 Å². The van der Waals surface area contributed by atoms with Gasteiger partial charge in [0.15, 0.2) is 0 Å². The molecular formula is C21H45N. The Morgan fingerprint density at radius 2 is 0.955 bits per heavy atom. The van der Waals surface area contributed by atoms with Crippen LogP contribution in [0.2, 0.25) is 0 Å². The topological polar surface area (TPSA) is 12.0 Å². The number of unbranched alkanes of at least 4 members (excludes halogenated alkanes) is 10. The lowest BCUT2D eigenvalue weighted by atomic mass is 9.99. The highest BCUT2D eigenvalue weighted by Gasteiger charge is 2.00. The van der Waals surface area contributed by atoms with Gasteiger partial charge in [-0.15, -0.1) is 0 Å². The highest BCUT2D eigenvalue weighted by molar-refractivity contribution is 4.56. The first-order chi connectivity index (χ1) is 10.7. The van der Waals surface area contributed by atoms with Crippen molar-refractivity contribution in [3.63, 3.8) is 0 Å². The molecule has 0 aromatic rings. The highest BCUT2D eigenvalue weighted by atomic mass is 14.8. The Labute approximate surface area is 142 Å². The van der Waals surface area contributed by atoms with E-state index in [0.29, 0.717) is 0 Å². The molecule has 134 valence electrons. The summed E-state index contributed by atoms with van der Waals surface area (Å²) in [5.41, 5.74) is 0. The second-order valence-corrected chi connectivity index (χ2v) is 7.64. The van der Waals surface area contributed by atoms with Crippen LogP contribution in [0.4, 0.5) is 0 Å². The van der Waals surface area contributed by atoms with Gasteiger partial charge in [-0.3, -0.25) is 0 Å². The molecule has 0 amide bonds. The van der Waals surface area contributed by atoms with Crippen molar-refractivity contribution in [1.29, 1.82) is 0 Å². The van der Waals surface area contributed by atoms with Gasteiger partial charge in [-0.25, -0.2) is 0 Å². The molecule has 2 atom stereocenters. The van der Waals surface area contributed by atoms with Gasteiger partial charge >= 0.3 is 0 Å². The van der Waals surface area contributed by atoms with Crippen LogP contribution in [0.3, 0.4) is 0 Å². The molecule has 1 nitrogen and oxygen atoms in total. The molecule has 0 aliphatic rings. The van der Waals surface area contributed by atoms with Crippen LogP contribution >= 0.6 is 0 Å². The van der Waals surface area contributed by atoms with Crippen LogP contribution in [0, 0.1) is 11.8 Å². The molecule has 0 aliphatic carbocycles. The maximum Gasteiger partial charge on any atom is -0.00262 e. The van der Waals surface area contributed by atoms with E-state index in [1.165, 1.54) is 96.4 Å². The maximum atomic E-state index is 3.27. The molecule has 0 radical (unpaired) electrons. The normalized spacial score (nSPS) is 14.2. The van der Waals surface area contributed by atoms with Crippen LogP contribution < -0.4 is 5.32 Å². The van der Waals surface area contributed by atoms with E-state index in [1.807, 2.05) is 0 Å². The minimum Gasteiger partial charge on any atom is -0.319 e. The molecule has 0 spiro atoms. The van der Waals surface area contributed by atoms with Crippen molar-refractivity contribution in [2.75, 3.05) is 13.6 Å². The summed E-state index contributed by atoms with van der Waals surface area (Å²) < 4.78 is 0. The molecular weight excluding hydrogens is 266 g/mol. The van der Waals surface area contributed by atoms with E-state index in [0.717, 1.165) is 11.8 Å². The van der Waals surface area contributed by atoms with Crippen LogP contribution in [0.15, 0.2) is 0 Å². The van der Waals surface area contributed by atoms with Crippen molar-refractivity contribution >= 4 is 0 Å². The molecule has 0 saturated carbocycles. The number of hydrogen-bond acceptors (Lipinski definition) is 1. The average molecular weight is 312 g/mol. The van der Waals surface area contributed by atoms with Gasteiger partial charge in [-0.05, 0) is 31.8 Å². The molecule has 0 aliphatic heterocycles. The van der Waals surface area contributed by atoms with Crippen molar-refractivity contribution in [2.24, 2.45) is 11.8 Å². The maximum absolute atomic E-state index is 3.27. The fraction of sp³-hybridized carbons (Fsp3) is 1.00. The third kappa shape index (κ3) is 16.3. The molecule has 0 bridgehead atoms. The van der Waals surface area contributed by atoms with Gasteiger partial charge < -0.3 is 5.32 Å². The highest BCUT2D eigenvalue weighted by Crippen LogP contribution is 2.16. The van der Waals surface area contributed by atoms with E-state index in [2.05, 4.69) is 33.1 Å². The second-order valence-electron chi connectivity index (χ2n) is 7.64. The van der Waals surface area contributed by atoms with E-state index in [-0.39, 0.29) is 0 Å². The molecule has 1 N–H and O–H groups in total. The standard InChI is InChI=1S/C21H45N/c1-5-20(2)17-15-13-11-9-7-6-8-10-12-14-16-18-21(3)19-22-4/h20-22H,5-19H2,1-4H3. The number of hydrogen-bond donors (Lipinski definition) is 1. The molecule has 0 heterocycles. The Kier molecular flexibility index (Phi) is 17.3. The minimum atomic E-state index is 0.852. The largest absolute Gasteiger partial charge is 0.319 e. The summed E-state index contributed by atoms with van der Waals surface area (Å²) >= 11 is 0. The van der Waals surface area contributed by atoms with Gasteiger partial charge in [0.25, 0.3) is 0 Å². The molecule has 0 aromatic heterocycles. The van der Waals surface area contributed by atoms with Gasteiger partial charge in [0.05, 0.1) is 0 Å². The van der Waals surface area contributed by atoms with Gasteiger partial charge in [-0.2, -0.15) is 0 Å². The number of nitrogens with one attached hydrogen (secondary N) is 1. The van der Waals surface area contributed by atoms with E-state index in [1.54, 1.807) is 0 Å². The van der Waals surface area contributed by atoms with Gasteiger partial charge in [0.2, 0.25) is 0 Å². The summed E-state index contributed by atoms with van der Waals surface area (Å²) in [6.45, 7) is 8.24. The summed E-state index contributed by atoms with van der Waals surface area (Å²) in [4.78, 5) is 0. The van der Waals surface area contributed by atoms with Crippen LogP contribution in [0.1, 0.15) is 111 Å². The lowest BCUT2D eigenvalue weighted by Gasteiger charge is -2.09. The predicted octanol–water partition coefficient (Wildman–Crippen LogP) is 6.96. The van der Waals surface area contributed by atoms with Crippen molar-refractivity contribution in [3.8, 4) is 0 Å². The Bertz CT molecular complexity index is 202. The second kappa shape index (κ2) is 17.3. The Morgan fingerprint density at radius 1 is 0.591 bits per heavy atom. The summed E-state index contributed by atoms with van der Waals surface area (Å²) in [6, 6.07) is 0. The molecule has 0 saturated heterocycles. The molecule has 0 aromatic carbocycles. The Morgan fingerprint density at radius 3 is 1.32 bits per heavy atom. The van der Waals surface area contributed by atoms with Crippen molar-refractivity contribution < 1.29 is 0 Å². The summed E-state index contributed by atoms with van der Waals surface area (Å²) in [6.07, 6.45) is 20.3. The van der Waals surface area contributed by atoms with E-state index >= 15 is 0 Å². The molecule has 2 unspecified atom stereocenters. The van der Waals surface area contributed by atoms with Gasteiger partial charge in [0, 0.05) is 0 Å². The van der Waals surface area contributed by atoms with Crippen molar-refractivity contribution in [1.82, 2.24) is 5.32 Å². The minimum absolute atomic E-state index is 0.852. The Hall–Kier alpha value is -0.0400. The first-order valence-corrected chi connectivity index (χ1v) is 10.3. The van der Waals surface area contributed by atoms with Crippen LogP contribution in [0.25, 0.3) is 0 Å². The van der Waals surface area contributed by atoms with E-state index in [4.69, 9.17) is 0 Å². The monoisotopic (exact) mass is 311 g/mol. The van der Waals surface area contributed by atoms with Crippen molar-refractivity contribution in [3.05, 3.63) is 0 Å². The molecule has 22 heavy (non-hydrogen) atoms. The zero-order valence-corrected chi connectivity index (χ0v) is 16.3. The SMILES string of the molecule is CCC(C)CCCCCCCCCCCCCC(C)CNC. The smallest absolute Gasteiger partial charge is 0.00262 e. The first-order valence-electron chi connectivity index (χ1n) is 10.3. The summed E-state index contributed by atoms with van der Waals surface area (Å²) in [7, 11) is 2.06. The Balaban J connectivity index is 3.05. The average Bonchev–Trinajstić information content (AvgIpc) is 2.51. The van der Waals surface area contributed by atoms with Crippen LogP contribution in [0.5, 0.6) is 0 Å². The predicted molar refractivity (Wildman–Crippen MR) is 103 cm³/mol. The summed E-state index contributed by atoms with van der Waals surface area (Å²) in [5.74, 6) is 1.80.